The second-order valence-corrected chi connectivity index (χ2v) is 2.96. The highest BCUT2D eigenvalue weighted by Crippen LogP contribution is 2.06. The number of carbonyl (C=O) groups is 1. The van der Waals surface area contributed by atoms with Crippen molar-refractivity contribution in [2.75, 3.05) is 11.9 Å². The van der Waals surface area contributed by atoms with E-state index in [1.165, 1.54) is 0 Å². The van der Waals surface area contributed by atoms with E-state index in [-0.39, 0.29) is 6.03 Å². The smallest absolute Gasteiger partial charge is 0.319 e. The van der Waals surface area contributed by atoms with Gasteiger partial charge in [-0.2, -0.15) is 5.10 Å². The van der Waals surface area contributed by atoms with Gasteiger partial charge >= 0.3 is 6.03 Å². The minimum atomic E-state index is -0.245. The largest absolute Gasteiger partial charge is 0.338 e. The first-order valence-corrected chi connectivity index (χ1v) is 4.64. The van der Waals surface area contributed by atoms with E-state index in [1.807, 2.05) is 6.92 Å². The number of hydrogen-bond donors (Lipinski definition) is 2. The number of urea groups is 1. The topological polar surface area (TPSA) is 71.3 Å². The van der Waals surface area contributed by atoms with Crippen LogP contribution in [-0.2, 0) is 0 Å². The van der Waals surface area contributed by atoms with Crippen LogP contribution in [0.25, 0.3) is 5.65 Å². The van der Waals surface area contributed by atoms with Crippen LogP contribution in [0.15, 0.2) is 24.7 Å². The summed E-state index contributed by atoms with van der Waals surface area (Å²) in [5.74, 6) is 0. The van der Waals surface area contributed by atoms with Gasteiger partial charge in [-0.15, -0.1) is 0 Å². The second kappa shape index (κ2) is 3.95. The molecule has 6 nitrogen and oxygen atoms in total. The molecule has 0 saturated heterocycles. The van der Waals surface area contributed by atoms with E-state index in [4.69, 9.17) is 0 Å². The van der Waals surface area contributed by atoms with Gasteiger partial charge in [-0.05, 0) is 6.92 Å². The van der Waals surface area contributed by atoms with Crippen LogP contribution >= 0.6 is 0 Å². The standard InChI is InChI=1S/C9H11N5O/c1-2-10-9(15)13-7-5-11-8-3-4-12-14(8)6-7/h3-6H,2H2,1H3,(H2,10,13,15). The monoisotopic (exact) mass is 205 g/mol. The lowest BCUT2D eigenvalue weighted by Gasteiger charge is -2.04. The third-order valence-corrected chi connectivity index (χ3v) is 1.84. The minimum absolute atomic E-state index is 0.245. The van der Waals surface area contributed by atoms with Gasteiger partial charge in [-0.3, -0.25) is 0 Å². The number of aromatic nitrogens is 3. The van der Waals surface area contributed by atoms with Crippen molar-refractivity contribution in [3.63, 3.8) is 0 Å². The van der Waals surface area contributed by atoms with Crippen molar-refractivity contribution in [1.29, 1.82) is 0 Å². The number of fused-ring (bicyclic) bond motifs is 1. The zero-order valence-corrected chi connectivity index (χ0v) is 8.27. The zero-order chi connectivity index (χ0) is 10.7. The van der Waals surface area contributed by atoms with Crippen LogP contribution in [0.3, 0.4) is 0 Å². The lowest BCUT2D eigenvalue weighted by molar-refractivity contribution is 0.252. The molecular weight excluding hydrogens is 194 g/mol. The zero-order valence-electron chi connectivity index (χ0n) is 8.27. The van der Waals surface area contributed by atoms with E-state index in [9.17, 15) is 4.79 Å². The Kier molecular flexibility index (Phi) is 2.49. The summed E-state index contributed by atoms with van der Waals surface area (Å²) in [7, 11) is 0. The molecule has 6 heteroatoms. The fourth-order valence-electron chi connectivity index (χ4n) is 1.21. The van der Waals surface area contributed by atoms with Gasteiger partial charge in [0.05, 0.1) is 24.3 Å². The molecule has 0 aliphatic carbocycles. The molecular formula is C9H11N5O. The van der Waals surface area contributed by atoms with Crippen molar-refractivity contribution in [2.45, 2.75) is 6.92 Å². The lowest BCUT2D eigenvalue weighted by Crippen LogP contribution is -2.28. The van der Waals surface area contributed by atoms with Gasteiger partial charge in [0.15, 0.2) is 5.65 Å². The third-order valence-electron chi connectivity index (χ3n) is 1.84. The van der Waals surface area contributed by atoms with Gasteiger partial charge in [-0.25, -0.2) is 14.3 Å². The van der Waals surface area contributed by atoms with Crippen molar-refractivity contribution < 1.29 is 4.79 Å². The minimum Gasteiger partial charge on any atom is -0.338 e. The maximum atomic E-state index is 11.2. The van der Waals surface area contributed by atoms with E-state index in [2.05, 4.69) is 20.7 Å². The van der Waals surface area contributed by atoms with Crippen LogP contribution in [0, 0.1) is 0 Å². The summed E-state index contributed by atoms with van der Waals surface area (Å²) >= 11 is 0. The molecule has 0 radical (unpaired) electrons. The summed E-state index contributed by atoms with van der Waals surface area (Å²) in [6, 6.07) is 1.54. The molecule has 2 N–H and O–H groups in total. The molecule has 15 heavy (non-hydrogen) atoms. The number of amides is 2. The Balaban J connectivity index is 2.17. The average Bonchev–Trinajstić information content (AvgIpc) is 2.65. The molecule has 0 bridgehead atoms. The summed E-state index contributed by atoms with van der Waals surface area (Å²) in [5.41, 5.74) is 1.36. The fourth-order valence-corrected chi connectivity index (χ4v) is 1.21. The molecule has 2 heterocycles. The lowest BCUT2D eigenvalue weighted by atomic mass is 10.5. The number of nitrogens with one attached hydrogen (secondary N) is 2. The third kappa shape index (κ3) is 2.04. The van der Waals surface area contributed by atoms with Crippen molar-refractivity contribution in [3.05, 3.63) is 24.7 Å². The van der Waals surface area contributed by atoms with Gasteiger partial charge in [0.2, 0.25) is 0 Å². The van der Waals surface area contributed by atoms with E-state index < -0.39 is 0 Å². The van der Waals surface area contributed by atoms with Gasteiger partial charge in [-0.1, -0.05) is 0 Å². The molecule has 0 fully saturated rings. The molecule has 0 aliphatic heterocycles. The van der Waals surface area contributed by atoms with Crippen LogP contribution in [-0.4, -0.2) is 27.2 Å². The van der Waals surface area contributed by atoms with Crippen LogP contribution in [0.2, 0.25) is 0 Å². The summed E-state index contributed by atoms with van der Waals surface area (Å²) in [6.07, 6.45) is 4.95. The molecule has 78 valence electrons. The van der Waals surface area contributed by atoms with Gasteiger partial charge in [0.25, 0.3) is 0 Å². The number of hydrogen-bond acceptors (Lipinski definition) is 3. The molecule has 0 aromatic carbocycles. The van der Waals surface area contributed by atoms with E-state index >= 15 is 0 Å². The molecule has 0 atom stereocenters. The number of rotatable bonds is 2. The predicted molar refractivity (Wildman–Crippen MR) is 55.7 cm³/mol. The van der Waals surface area contributed by atoms with Crippen LogP contribution in [0.5, 0.6) is 0 Å². The molecule has 2 rings (SSSR count). The summed E-state index contributed by atoms with van der Waals surface area (Å²) in [4.78, 5) is 15.3. The molecule has 0 aliphatic rings. The summed E-state index contributed by atoms with van der Waals surface area (Å²) in [5, 5.41) is 9.29. The highest BCUT2D eigenvalue weighted by atomic mass is 16.2. The maximum Gasteiger partial charge on any atom is 0.319 e. The fraction of sp³-hybridized carbons (Fsp3) is 0.222. The number of nitrogens with zero attached hydrogens (tertiary/aromatic N) is 3. The Morgan fingerprint density at radius 1 is 1.60 bits per heavy atom. The highest BCUT2D eigenvalue weighted by Gasteiger charge is 2.01. The quantitative estimate of drug-likeness (QED) is 0.764. The predicted octanol–water partition coefficient (Wildman–Crippen LogP) is 0.871. The van der Waals surface area contributed by atoms with E-state index in [1.54, 1.807) is 29.2 Å². The average molecular weight is 205 g/mol. The van der Waals surface area contributed by atoms with Crippen LogP contribution in [0.4, 0.5) is 10.5 Å². The first-order valence-electron chi connectivity index (χ1n) is 4.64. The molecule has 0 saturated carbocycles. The maximum absolute atomic E-state index is 11.2. The summed E-state index contributed by atoms with van der Waals surface area (Å²) < 4.78 is 1.60. The van der Waals surface area contributed by atoms with Crippen molar-refractivity contribution in [1.82, 2.24) is 19.9 Å². The van der Waals surface area contributed by atoms with Crippen LogP contribution in [0.1, 0.15) is 6.92 Å². The van der Waals surface area contributed by atoms with Gasteiger partial charge in [0, 0.05) is 12.6 Å². The Morgan fingerprint density at radius 2 is 2.47 bits per heavy atom. The van der Waals surface area contributed by atoms with Crippen molar-refractivity contribution in [3.8, 4) is 0 Å². The Hall–Kier alpha value is -2.11. The van der Waals surface area contributed by atoms with E-state index in [0.717, 1.165) is 5.65 Å². The Labute approximate surface area is 86.3 Å². The molecule has 2 aromatic heterocycles. The van der Waals surface area contributed by atoms with Gasteiger partial charge < -0.3 is 10.6 Å². The van der Waals surface area contributed by atoms with Crippen molar-refractivity contribution >= 4 is 17.4 Å². The first-order chi connectivity index (χ1) is 7.29. The number of anilines is 1. The Bertz CT molecular complexity index is 478. The van der Waals surface area contributed by atoms with Crippen LogP contribution < -0.4 is 10.6 Å². The molecule has 2 amide bonds. The second-order valence-electron chi connectivity index (χ2n) is 2.96. The van der Waals surface area contributed by atoms with Gasteiger partial charge in [0.1, 0.15) is 0 Å². The SMILES string of the molecule is CCNC(=O)Nc1cnc2ccnn2c1. The van der Waals surface area contributed by atoms with E-state index in [0.29, 0.717) is 12.2 Å². The molecule has 2 aromatic rings. The molecule has 0 unspecified atom stereocenters. The summed E-state index contributed by atoms with van der Waals surface area (Å²) in [6.45, 7) is 2.44. The normalized spacial score (nSPS) is 10.2. The molecule has 0 spiro atoms. The highest BCUT2D eigenvalue weighted by molar-refractivity contribution is 5.88. The Morgan fingerprint density at radius 3 is 3.27 bits per heavy atom. The number of carbonyl (C=O) groups excluding carboxylic acids is 1. The first kappa shape index (κ1) is 9.45. The van der Waals surface area contributed by atoms with Crippen molar-refractivity contribution in [2.24, 2.45) is 0 Å².